The minimum atomic E-state index is -0.418. The van der Waals surface area contributed by atoms with Crippen LogP contribution in [0.3, 0.4) is 0 Å². The summed E-state index contributed by atoms with van der Waals surface area (Å²) in [6.07, 6.45) is 1.60. The Bertz CT molecular complexity index is 531. The van der Waals surface area contributed by atoms with Gasteiger partial charge >= 0.3 is 0 Å². The summed E-state index contributed by atoms with van der Waals surface area (Å²) in [5, 5.41) is 0. The summed E-state index contributed by atoms with van der Waals surface area (Å²) in [5.41, 5.74) is 6.55. The van der Waals surface area contributed by atoms with E-state index >= 15 is 0 Å². The molecule has 1 heterocycles. The molecule has 1 aliphatic rings. The minimum Gasteiger partial charge on any atom is -0.338 e. The lowest BCUT2D eigenvalue weighted by Gasteiger charge is -2.36. The molecule has 0 radical (unpaired) electrons. The number of hydrogen-bond acceptors (Lipinski definition) is 3. The maximum Gasteiger partial charge on any atom is 0.253 e. The van der Waals surface area contributed by atoms with E-state index in [-0.39, 0.29) is 24.2 Å². The molecule has 1 fully saturated rings. The first kappa shape index (κ1) is 19.9. The fraction of sp³-hybridized carbons (Fsp3) is 0.500. The molecule has 0 saturated carbocycles. The molecule has 5 nitrogen and oxygen atoms in total. The molecule has 1 aromatic rings. The molecule has 0 aromatic heterocycles. The Balaban J connectivity index is 0.00000264. The van der Waals surface area contributed by atoms with Crippen molar-refractivity contribution in [2.24, 2.45) is 5.73 Å². The maximum absolute atomic E-state index is 12.4. The van der Waals surface area contributed by atoms with Crippen molar-refractivity contribution in [1.29, 1.82) is 0 Å². The highest BCUT2D eigenvalue weighted by molar-refractivity contribution is 9.10. The first-order chi connectivity index (χ1) is 10.5. The molecule has 1 atom stereocenters. The van der Waals surface area contributed by atoms with Gasteiger partial charge in [0.15, 0.2) is 0 Å². The number of rotatable bonds is 4. The van der Waals surface area contributed by atoms with Gasteiger partial charge in [0, 0.05) is 36.2 Å². The SMILES string of the molecule is CCCC(N)C(=O)N1CCN(C(=O)c2ccc(Br)cc2)CC1.Cl. The molecule has 0 spiro atoms. The van der Waals surface area contributed by atoms with Crippen molar-refractivity contribution in [3.05, 3.63) is 34.3 Å². The molecule has 1 aromatic carbocycles. The molecule has 2 amide bonds. The lowest BCUT2D eigenvalue weighted by Crippen LogP contribution is -2.54. The van der Waals surface area contributed by atoms with Crippen LogP contribution in [0.15, 0.2) is 28.7 Å². The molecule has 1 aliphatic heterocycles. The van der Waals surface area contributed by atoms with Crippen LogP contribution in [0.25, 0.3) is 0 Å². The largest absolute Gasteiger partial charge is 0.338 e. The Hall–Kier alpha value is -1.11. The van der Waals surface area contributed by atoms with Crippen molar-refractivity contribution >= 4 is 40.2 Å². The predicted molar refractivity (Wildman–Crippen MR) is 96.8 cm³/mol. The maximum atomic E-state index is 12.4. The zero-order valence-electron chi connectivity index (χ0n) is 13.2. The van der Waals surface area contributed by atoms with Crippen LogP contribution in [0, 0.1) is 0 Å². The smallest absolute Gasteiger partial charge is 0.253 e. The van der Waals surface area contributed by atoms with Gasteiger partial charge in [0.05, 0.1) is 6.04 Å². The minimum absolute atomic E-state index is 0. The summed E-state index contributed by atoms with van der Waals surface area (Å²) >= 11 is 3.36. The Morgan fingerprint density at radius 1 is 1.13 bits per heavy atom. The van der Waals surface area contributed by atoms with Crippen LogP contribution < -0.4 is 5.73 Å². The van der Waals surface area contributed by atoms with Crippen molar-refractivity contribution in [2.75, 3.05) is 26.2 Å². The Kier molecular flexibility index (Phi) is 8.02. The van der Waals surface area contributed by atoms with E-state index in [9.17, 15) is 9.59 Å². The van der Waals surface area contributed by atoms with Crippen molar-refractivity contribution < 1.29 is 9.59 Å². The molecular weight excluding hydrogens is 382 g/mol. The Morgan fingerprint density at radius 2 is 1.65 bits per heavy atom. The van der Waals surface area contributed by atoms with E-state index in [1.807, 2.05) is 19.1 Å². The van der Waals surface area contributed by atoms with Crippen molar-refractivity contribution in [1.82, 2.24) is 9.80 Å². The van der Waals surface area contributed by atoms with Crippen LogP contribution in [0.2, 0.25) is 0 Å². The molecule has 2 rings (SSSR count). The van der Waals surface area contributed by atoms with Gasteiger partial charge < -0.3 is 15.5 Å². The third-order valence-electron chi connectivity index (χ3n) is 3.89. The molecule has 1 unspecified atom stereocenters. The first-order valence-electron chi connectivity index (χ1n) is 7.62. The van der Waals surface area contributed by atoms with Crippen molar-refractivity contribution in [3.63, 3.8) is 0 Å². The molecule has 128 valence electrons. The number of benzene rings is 1. The summed E-state index contributed by atoms with van der Waals surface area (Å²) in [6, 6.07) is 6.91. The number of nitrogens with two attached hydrogens (primary N) is 1. The second-order valence-electron chi connectivity index (χ2n) is 5.52. The molecule has 7 heteroatoms. The standard InChI is InChI=1S/C16H22BrN3O2.ClH/c1-2-3-14(18)16(22)20-10-8-19(9-11-20)15(21)12-4-6-13(17)7-5-12;/h4-7,14H,2-3,8-11,18H2,1H3;1H. The van der Waals surface area contributed by atoms with Crippen LogP contribution in [-0.2, 0) is 4.79 Å². The summed E-state index contributed by atoms with van der Waals surface area (Å²) in [5.74, 6) is 0.00930. The Labute approximate surface area is 151 Å². The summed E-state index contributed by atoms with van der Waals surface area (Å²) in [7, 11) is 0. The monoisotopic (exact) mass is 403 g/mol. The average molecular weight is 405 g/mol. The van der Waals surface area contributed by atoms with Gasteiger partial charge in [-0.05, 0) is 30.7 Å². The first-order valence-corrected chi connectivity index (χ1v) is 8.41. The molecule has 0 aliphatic carbocycles. The zero-order chi connectivity index (χ0) is 16.1. The quantitative estimate of drug-likeness (QED) is 0.837. The van der Waals surface area contributed by atoms with Gasteiger partial charge in [-0.1, -0.05) is 29.3 Å². The van der Waals surface area contributed by atoms with Gasteiger partial charge in [-0.2, -0.15) is 0 Å². The highest BCUT2D eigenvalue weighted by Gasteiger charge is 2.27. The van der Waals surface area contributed by atoms with Gasteiger partial charge in [-0.25, -0.2) is 0 Å². The van der Waals surface area contributed by atoms with E-state index in [4.69, 9.17) is 5.73 Å². The summed E-state index contributed by atoms with van der Waals surface area (Å²) in [4.78, 5) is 28.1. The second kappa shape index (κ2) is 9.25. The van der Waals surface area contributed by atoms with Gasteiger partial charge in [0.1, 0.15) is 0 Å². The second-order valence-corrected chi connectivity index (χ2v) is 6.44. The van der Waals surface area contributed by atoms with Crippen LogP contribution in [0.1, 0.15) is 30.1 Å². The topological polar surface area (TPSA) is 66.6 Å². The summed E-state index contributed by atoms with van der Waals surface area (Å²) in [6.45, 7) is 4.23. The molecule has 23 heavy (non-hydrogen) atoms. The third-order valence-corrected chi connectivity index (χ3v) is 4.42. The van der Waals surface area contributed by atoms with Crippen LogP contribution in [0.5, 0.6) is 0 Å². The molecule has 2 N–H and O–H groups in total. The van der Waals surface area contributed by atoms with Gasteiger partial charge in [0.25, 0.3) is 5.91 Å². The third kappa shape index (κ3) is 5.19. The molecule has 1 saturated heterocycles. The highest BCUT2D eigenvalue weighted by Crippen LogP contribution is 2.14. The number of piperazine rings is 1. The van der Waals surface area contributed by atoms with Crippen LogP contribution >= 0.6 is 28.3 Å². The lowest BCUT2D eigenvalue weighted by atomic mass is 10.1. The van der Waals surface area contributed by atoms with E-state index in [0.29, 0.717) is 38.2 Å². The van der Waals surface area contributed by atoms with Gasteiger partial charge in [0.2, 0.25) is 5.91 Å². The number of hydrogen-bond donors (Lipinski definition) is 1. The van der Waals surface area contributed by atoms with E-state index < -0.39 is 6.04 Å². The number of carbonyl (C=O) groups is 2. The normalized spacial score (nSPS) is 15.8. The number of carbonyl (C=O) groups excluding carboxylic acids is 2. The van der Waals surface area contributed by atoms with Crippen molar-refractivity contribution in [2.45, 2.75) is 25.8 Å². The van der Waals surface area contributed by atoms with E-state index in [0.717, 1.165) is 10.9 Å². The molecular formula is C16H23BrClN3O2. The number of halogens is 2. The van der Waals surface area contributed by atoms with E-state index in [2.05, 4.69) is 15.9 Å². The Morgan fingerprint density at radius 3 is 2.17 bits per heavy atom. The fourth-order valence-corrected chi connectivity index (χ4v) is 2.84. The van der Waals surface area contributed by atoms with E-state index in [1.165, 1.54) is 0 Å². The van der Waals surface area contributed by atoms with Crippen molar-refractivity contribution in [3.8, 4) is 0 Å². The van der Waals surface area contributed by atoms with Crippen LogP contribution in [-0.4, -0.2) is 53.8 Å². The average Bonchev–Trinajstić information content (AvgIpc) is 2.54. The number of nitrogens with zero attached hydrogens (tertiary/aromatic N) is 2. The van der Waals surface area contributed by atoms with E-state index in [1.54, 1.807) is 21.9 Å². The zero-order valence-corrected chi connectivity index (χ0v) is 15.6. The van der Waals surface area contributed by atoms with Crippen LogP contribution in [0.4, 0.5) is 0 Å². The summed E-state index contributed by atoms with van der Waals surface area (Å²) < 4.78 is 0.948. The lowest BCUT2D eigenvalue weighted by molar-refractivity contribution is -0.134. The highest BCUT2D eigenvalue weighted by atomic mass is 79.9. The number of amides is 2. The molecule has 0 bridgehead atoms. The van der Waals surface area contributed by atoms with Gasteiger partial charge in [-0.15, -0.1) is 12.4 Å². The predicted octanol–water partition coefficient (Wildman–Crippen LogP) is 2.28. The van der Waals surface area contributed by atoms with Gasteiger partial charge in [-0.3, -0.25) is 9.59 Å². The fourth-order valence-electron chi connectivity index (χ4n) is 2.57.